The zero-order chi connectivity index (χ0) is 22.8. The zero-order valence-electron chi connectivity index (χ0n) is 16.6. The van der Waals surface area contributed by atoms with E-state index in [9.17, 15) is 19.2 Å². The average molecular weight is 471 g/mol. The number of carbonyl (C=O) groups is 3. The van der Waals surface area contributed by atoms with Gasteiger partial charge in [-0.25, -0.2) is 4.79 Å². The molecule has 10 heteroatoms. The maximum absolute atomic E-state index is 12.7. The van der Waals surface area contributed by atoms with E-state index in [0.717, 1.165) is 4.90 Å². The third kappa shape index (κ3) is 4.39. The molecule has 2 aromatic carbocycles. The highest BCUT2D eigenvalue weighted by atomic mass is 35.5. The molecule has 1 saturated heterocycles. The maximum Gasteiger partial charge on any atom is 0.343 e. The lowest BCUT2D eigenvalue weighted by Crippen LogP contribution is -2.36. The number of carbonyl (C=O) groups excluding carboxylic acids is 3. The van der Waals surface area contributed by atoms with Gasteiger partial charge >= 0.3 is 5.63 Å². The molecule has 162 valence electrons. The fourth-order valence-corrected chi connectivity index (χ4v) is 4.13. The molecule has 4 rings (SSSR count). The van der Waals surface area contributed by atoms with Crippen LogP contribution in [0.25, 0.3) is 17.0 Å². The summed E-state index contributed by atoms with van der Waals surface area (Å²) in [5, 5.41) is 2.94. The zero-order valence-corrected chi connectivity index (χ0v) is 18.2. The number of imide groups is 1. The second-order valence-corrected chi connectivity index (χ2v) is 8.09. The predicted octanol–water partition coefficient (Wildman–Crippen LogP) is 4.13. The summed E-state index contributed by atoms with van der Waals surface area (Å²) in [4.78, 5) is 50.4. The lowest BCUT2D eigenvalue weighted by molar-refractivity contribution is -0.127. The van der Waals surface area contributed by atoms with Gasteiger partial charge in [0.1, 0.15) is 17.9 Å². The van der Waals surface area contributed by atoms with Gasteiger partial charge in [0.15, 0.2) is 0 Å². The summed E-state index contributed by atoms with van der Waals surface area (Å²) in [6.07, 6.45) is 1.30. The van der Waals surface area contributed by atoms with Crippen molar-refractivity contribution >= 4 is 63.1 Å². The summed E-state index contributed by atoms with van der Waals surface area (Å²) < 4.78 is 10.3. The number of nitrogens with one attached hydrogen (secondary N) is 1. The van der Waals surface area contributed by atoms with Gasteiger partial charge in [0, 0.05) is 11.1 Å². The molecular formula is C22H15ClN2O6S. The van der Waals surface area contributed by atoms with Gasteiger partial charge < -0.3 is 14.5 Å². The average Bonchev–Trinajstić information content (AvgIpc) is 3.01. The van der Waals surface area contributed by atoms with E-state index >= 15 is 0 Å². The van der Waals surface area contributed by atoms with Crippen LogP contribution in [0.4, 0.5) is 10.5 Å². The van der Waals surface area contributed by atoms with Gasteiger partial charge in [-0.2, -0.15) is 0 Å². The van der Waals surface area contributed by atoms with Crippen LogP contribution in [0.5, 0.6) is 5.75 Å². The molecule has 0 aliphatic carbocycles. The molecule has 2 heterocycles. The minimum absolute atomic E-state index is 0.0258. The Hall–Kier alpha value is -3.56. The van der Waals surface area contributed by atoms with Gasteiger partial charge in [-0.15, -0.1) is 0 Å². The Balaban J connectivity index is 1.50. The molecule has 0 unspecified atom stereocenters. The highest BCUT2D eigenvalue weighted by molar-refractivity contribution is 8.18. The first-order chi connectivity index (χ1) is 15.4. The van der Waals surface area contributed by atoms with Crippen molar-refractivity contribution in [2.75, 3.05) is 19.0 Å². The molecule has 1 fully saturated rings. The van der Waals surface area contributed by atoms with Crippen LogP contribution in [-0.4, -0.2) is 35.6 Å². The first-order valence-corrected chi connectivity index (χ1v) is 10.5. The van der Waals surface area contributed by atoms with Crippen molar-refractivity contribution in [3.8, 4) is 5.75 Å². The Morgan fingerprint density at radius 1 is 1.19 bits per heavy atom. The fraction of sp³-hybridized carbons (Fsp3) is 0.0909. The summed E-state index contributed by atoms with van der Waals surface area (Å²) in [6, 6.07) is 13.2. The summed E-state index contributed by atoms with van der Waals surface area (Å²) >= 11 is 6.68. The Bertz CT molecular complexity index is 1350. The number of fused-ring (bicyclic) bond motifs is 1. The van der Waals surface area contributed by atoms with Crippen molar-refractivity contribution < 1.29 is 23.5 Å². The minimum atomic E-state index is -0.671. The van der Waals surface area contributed by atoms with E-state index in [1.54, 1.807) is 42.5 Å². The number of rotatable bonds is 5. The molecule has 0 spiro atoms. The molecule has 1 N–H and O–H groups in total. The summed E-state index contributed by atoms with van der Waals surface area (Å²) in [6.45, 7) is -0.488. The van der Waals surface area contributed by atoms with Crippen LogP contribution in [0.15, 0.2) is 62.6 Å². The van der Waals surface area contributed by atoms with Gasteiger partial charge in [0.05, 0.1) is 22.6 Å². The van der Waals surface area contributed by atoms with E-state index < -0.39 is 29.2 Å². The maximum atomic E-state index is 12.7. The lowest BCUT2D eigenvalue weighted by atomic mass is 10.2. The number of anilines is 1. The first kappa shape index (κ1) is 21.7. The van der Waals surface area contributed by atoms with Crippen LogP contribution in [0.1, 0.15) is 5.56 Å². The van der Waals surface area contributed by atoms with Crippen LogP contribution < -0.4 is 15.7 Å². The van der Waals surface area contributed by atoms with Crippen molar-refractivity contribution in [2.45, 2.75) is 0 Å². The lowest BCUT2D eigenvalue weighted by Gasteiger charge is -2.13. The largest absolute Gasteiger partial charge is 0.495 e. The molecule has 0 saturated carbocycles. The number of benzene rings is 2. The standard InChI is InChI=1S/C22H15ClN2O6S/c1-30-17-7-6-14(10-15(17)23)24-19(26)11-25-20(27)18(32-22(25)29)9-13-8-12-4-2-3-5-16(12)31-21(13)28/h2-10H,11H2,1H3,(H,24,26). The molecular weight excluding hydrogens is 456 g/mol. The quantitative estimate of drug-likeness (QED) is 0.441. The molecule has 1 aliphatic rings. The van der Waals surface area contributed by atoms with Gasteiger partial charge in [-0.1, -0.05) is 29.8 Å². The molecule has 1 aliphatic heterocycles. The van der Waals surface area contributed by atoms with Crippen molar-refractivity contribution in [1.82, 2.24) is 4.90 Å². The molecule has 0 radical (unpaired) electrons. The van der Waals surface area contributed by atoms with Gasteiger partial charge in [0.2, 0.25) is 5.91 Å². The van der Waals surface area contributed by atoms with Crippen LogP contribution >= 0.6 is 23.4 Å². The Labute approximate surface area is 190 Å². The van der Waals surface area contributed by atoms with E-state index in [1.165, 1.54) is 19.3 Å². The van der Waals surface area contributed by atoms with E-state index in [4.69, 9.17) is 20.8 Å². The summed E-state index contributed by atoms with van der Waals surface area (Å²) in [5.41, 5.74) is 0.297. The number of methoxy groups -OCH3 is 1. The molecule has 8 nitrogen and oxygen atoms in total. The van der Waals surface area contributed by atoms with Crippen LogP contribution in [0.3, 0.4) is 0 Å². The topological polar surface area (TPSA) is 106 Å². The van der Waals surface area contributed by atoms with Crippen LogP contribution in [-0.2, 0) is 9.59 Å². The third-order valence-corrected chi connectivity index (χ3v) is 5.77. The van der Waals surface area contributed by atoms with Gasteiger partial charge in [-0.05, 0) is 48.2 Å². The van der Waals surface area contributed by atoms with E-state index in [2.05, 4.69) is 5.32 Å². The fourth-order valence-electron chi connectivity index (χ4n) is 3.04. The van der Waals surface area contributed by atoms with Gasteiger partial charge in [0.25, 0.3) is 11.1 Å². The molecule has 0 bridgehead atoms. The third-order valence-electron chi connectivity index (χ3n) is 4.57. The van der Waals surface area contributed by atoms with Gasteiger partial charge in [-0.3, -0.25) is 19.3 Å². The highest BCUT2D eigenvalue weighted by Gasteiger charge is 2.36. The Morgan fingerprint density at radius 3 is 2.72 bits per heavy atom. The first-order valence-electron chi connectivity index (χ1n) is 9.27. The number of nitrogens with zero attached hydrogens (tertiary/aromatic N) is 1. The molecule has 32 heavy (non-hydrogen) atoms. The molecule has 0 atom stereocenters. The van der Waals surface area contributed by atoms with E-state index in [0.29, 0.717) is 39.2 Å². The second-order valence-electron chi connectivity index (χ2n) is 6.69. The van der Waals surface area contributed by atoms with Crippen molar-refractivity contribution in [3.05, 3.63) is 74.4 Å². The summed E-state index contributed by atoms with van der Waals surface area (Å²) in [5.74, 6) is -0.811. The Kier molecular flexibility index (Phi) is 6.02. The Morgan fingerprint density at radius 2 is 1.97 bits per heavy atom. The smallest absolute Gasteiger partial charge is 0.343 e. The van der Waals surface area contributed by atoms with E-state index in [1.807, 2.05) is 0 Å². The van der Waals surface area contributed by atoms with E-state index in [-0.39, 0.29) is 10.5 Å². The highest BCUT2D eigenvalue weighted by Crippen LogP contribution is 2.32. The molecule has 1 aromatic heterocycles. The minimum Gasteiger partial charge on any atom is -0.495 e. The summed E-state index contributed by atoms with van der Waals surface area (Å²) in [7, 11) is 1.47. The number of thioether (sulfide) groups is 1. The molecule has 3 amide bonds. The van der Waals surface area contributed by atoms with Crippen LogP contribution in [0, 0.1) is 0 Å². The molecule has 3 aromatic rings. The number of para-hydroxylation sites is 1. The SMILES string of the molecule is COc1ccc(NC(=O)CN2C(=O)SC(=Cc3cc4ccccc4oc3=O)C2=O)cc1Cl. The number of ether oxygens (including phenoxy) is 1. The normalized spacial score (nSPS) is 14.9. The van der Waals surface area contributed by atoms with Crippen molar-refractivity contribution in [1.29, 1.82) is 0 Å². The predicted molar refractivity (Wildman–Crippen MR) is 122 cm³/mol. The van der Waals surface area contributed by atoms with Crippen molar-refractivity contribution in [2.24, 2.45) is 0 Å². The monoisotopic (exact) mass is 470 g/mol. The van der Waals surface area contributed by atoms with Crippen LogP contribution in [0.2, 0.25) is 5.02 Å². The second kappa shape index (κ2) is 8.89. The number of amides is 3. The number of hydrogen-bond acceptors (Lipinski definition) is 7. The number of halogens is 1. The van der Waals surface area contributed by atoms with Crippen molar-refractivity contribution in [3.63, 3.8) is 0 Å². The number of hydrogen-bond donors (Lipinski definition) is 1.